The van der Waals surface area contributed by atoms with Crippen LogP contribution in [0.1, 0.15) is 32.7 Å². The van der Waals surface area contributed by atoms with Crippen LogP contribution in [0, 0.1) is 6.92 Å². The van der Waals surface area contributed by atoms with Gasteiger partial charge in [0.25, 0.3) is 0 Å². The van der Waals surface area contributed by atoms with Crippen molar-refractivity contribution in [3.8, 4) is 11.1 Å². The molecule has 0 aliphatic carbocycles. The first-order valence-electron chi connectivity index (χ1n) is 10.6. The van der Waals surface area contributed by atoms with Crippen LogP contribution in [0.25, 0.3) is 22.0 Å². The highest BCUT2D eigenvalue weighted by Crippen LogP contribution is 2.34. The lowest BCUT2D eigenvalue weighted by molar-refractivity contribution is 0.112. The average Bonchev–Trinajstić information content (AvgIpc) is 3.15. The molecule has 0 bridgehead atoms. The number of aldehydes is 1. The van der Waals surface area contributed by atoms with E-state index in [1.807, 2.05) is 26.4 Å². The Bertz CT molecular complexity index is 1330. The largest absolute Gasteiger partial charge is 0.405 e. The predicted octanol–water partition coefficient (Wildman–Crippen LogP) is 2.83. The number of aryl methyl sites for hydroxylation is 2. The van der Waals surface area contributed by atoms with E-state index in [4.69, 9.17) is 15.7 Å². The van der Waals surface area contributed by atoms with Gasteiger partial charge in [0.05, 0.1) is 11.2 Å². The van der Waals surface area contributed by atoms with Crippen molar-refractivity contribution in [2.24, 2.45) is 7.05 Å². The second-order valence-electron chi connectivity index (χ2n) is 8.52. The molecule has 0 saturated heterocycles. The lowest BCUT2D eigenvalue weighted by atomic mass is 9.61. The zero-order valence-corrected chi connectivity index (χ0v) is 19.0. The van der Waals surface area contributed by atoms with Gasteiger partial charge in [-0.15, -0.1) is 0 Å². The predicted molar refractivity (Wildman–Crippen MR) is 131 cm³/mol. The Morgan fingerprint density at radius 2 is 1.97 bits per heavy atom. The number of hydrogen-bond acceptors (Lipinski definition) is 5. The molecule has 8 heteroatoms. The Morgan fingerprint density at radius 1 is 1.18 bits per heavy atom. The molecule has 0 amide bonds. The molecule has 0 aliphatic heterocycles. The van der Waals surface area contributed by atoms with Gasteiger partial charge in [-0.25, -0.2) is 0 Å². The van der Waals surface area contributed by atoms with E-state index < -0.39 is 5.40 Å². The van der Waals surface area contributed by atoms with Crippen LogP contribution in [-0.4, -0.2) is 53.8 Å². The Kier molecular flexibility index (Phi) is 6.23. The molecule has 2 aromatic carbocycles. The van der Waals surface area contributed by atoms with Gasteiger partial charge in [0.1, 0.15) is 15.7 Å². The highest BCUT2D eigenvalue weighted by atomic mass is 16.3. The highest BCUT2D eigenvalue weighted by molar-refractivity contribution is 6.39. The molecule has 1 N–H and O–H groups in total. The molecule has 0 unspecified atom stereocenters. The number of aliphatic hydroxyl groups is 1. The van der Waals surface area contributed by atoms with E-state index in [0.717, 1.165) is 40.6 Å². The number of carbonyl (C=O) groups is 1. The zero-order valence-electron chi connectivity index (χ0n) is 19.0. The fourth-order valence-corrected chi connectivity index (χ4v) is 4.13. The van der Waals surface area contributed by atoms with Crippen LogP contribution in [0.2, 0.25) is 0 Å². The minimum absolute atomic E-state index is 0.376. The summed E-state index contributed by atoms with van der Waals surface area (Å²) in [4.78, 5) is 17.8. The number of carbonyl (C=O) groups excluding carboxylic acids is 1. The summed E-state index contributed by atoms with van der Waals surface area (Å²) in [5.41, 5.74) is 6.68. The number of aromatic nitrogens is 3. The Morgan fingerprint density at radius 3 is 2.67 bits per heavy atom. The number of hydrogen-bond donors (Lipinski definition) is 1. The third-order valence-electron chi connectivity index (χ3n) is 5.79. The van der Waals surface area contributed by atoms with Crippen LogP contribution in [0.5, 0.6) is 0 Å². The molecular formula is C25H24B2N4O2. The standard InChI is InChI=1S/C25H24B2N4O2/c1-16-11-17(20-8-9-22(25(26,27)33)24-21(20)13-31(3)29-24)6-7-18(16)12-30(2)14-23-19(15-32)5-4-10-28-23/h4-11,13,15,33H,12,14H2,1-3H3. The van der Waals surface area contributed by atoms with E-state index in [1.165, 1.54) is 5.56 Å². The first kappa shape index (κ1) is 23.0. The summed E-state index contributed by atoms with van der Waals surface area (Å²) in [6.07, 6.45) is 4.45. The van der Waals surface area contributed by atoms with Crippen LogP contribution in [0.15, 0.2) is 54.9 Å². The summed E-state index contributed by atoms with van der Waals surface area (Å²) >= 11 is 0. The normalized spacial score (nSPS) is 11.9. The second-order valence-corrected chi connectivity index (χ2v) is 8.52. The molecule has 2 aromatic heterocycles. The van der Waals surface area contributed by atoms with Crippen LogP contribution < -0.4 is 0 Å². The Hall–Kier alpha value is -3.22. The van der Waals surface area contributed by atoms with Crippen LogP contribution >= 0.6 is 0 Å². The highest BCUT2D eigenvalue weighted by Gasteiger charge is 2.22. The van der Waals surface area contributed by atoms with E-state index in [9.17, 15) is 9.90 Å². The first-order chi connectivity index (χ1) is 15.7. The molecular weight excluding hydrogens is 410 g/mol. The van der Waals surface area contributed by atoms with Gasteiger partial charge in [-0.05, 0) is 53.9 Å². The van der Waals surface area contributed by atoms with Gasteiger partial charge in [-0.1, -0.05) is 30.3 Å². The number of fused-ring (bicyclic) bond motifs is 1. The Labute approximate surface area is 196 Å². The average molecular weight is 434 g/mol. The summed E-state index contributed by atoms with van der Waals surface area (Å²) < 4.78 is 1.69. The molecule has 0 atom stereocenters. The van der Waals surface area contributed by atoms with Crippen molar-refractivity contribution in [2.45, 2.75) is 25.4 Å². The fraction of sp³-hybridized carbons (Fsp3) is 0.240. The molecule has 0 spiro atoms. The van der Waals surface area contributed by atoms with Gasteiger partial charge in [-0.2, -0.15) is 5.10 Å². The summed E-state index contributed by atoms with van der Waals surface area (Å²) in [6.45, 7) is 3.38. The third kappa shape index (κ3) is 4.77. The molecule has 6 nitrogen and oxygen atoms in total. The number of benzene rings is 2. The maximum atomic E-state index is 11.3. The van der Waals surface area contributed by atoms with Crippen molar-refractivity contribution in [3.05, 3.63) is 82.8 Å². The number of pyridine rings is 1. The smallest absolute Gasteiger partial charge is 0.151 e. The van der Waals surface area contributed by atoms with Gasteiger partial charge in [-0.3, -0.25) is 19.4 Å². The molecule has 0 fully saturated rings. The maximum absolute atomic E-state index is 11.3. The molecule has 4 radical (unpaired) electrons. The van der Waals surface area contributed by atoms with Crippen molar-refractivity contribution in [3.63, 3.8) is 0 Å². The summed E-state index contributed by atoms with van der Waals surface area (Å²) in [6, 6.07) is 13.5. The van der Waals surface area contributed by atoms with Crippen molar-refractivity contribution in [1.82, 2.24) is 19.7 Å². The molecule has 0 saturated carbocycles. The van der Waals surface area contributed by atoms with Gasteiger partial charge in [0, 0.05) is 48.9 Å². The third-order valence-corrected chi connectivity index (χ3v) is 5.79. The van der Waals surface area contributed by atoms with Crippen molar-refractivity contribution in [2.75, 3.05) is 7.05 Å². The zero-order chi connectivity index (χ0) is 23.8. The number of nitrogens with zero attached hydrogens (tertiary/aromatic N) is 4. The van der Waals surface area contributed by atoms with Crippen LogP contribution in [-0.2, 0) is 25.5 Å². The summed E-state index contributed by atoms with van der Waals surface area (Å²) in [7, 11) is 15.3. The van der Waals surface area contributed by atoms with E-state index in [0.29, 0.717) is 23.2 Å². The second kappa shape index (κ2) is 8.96. The van der Waals surface area contributed by atoms with Crippen molar-refractivity contribution in [1.29, 1.82) is 0 Å². The van der Waals surface area contributed by atoms with Gasteiger partial charge < -0.3 is 5.11 Å². The summed E-state index contributed by atoms with van der Waals surface area (Å²) in [5, 5.41) is 13.5. The minimum atomic E-state index is -1.97. The lowest BCUT2D eigenvalue weighted by Gasteiger charge is -2.21. The fourth-order valence-electron chi connectivity index (χ4n) is 4.13. The molecule has 0 aliphatic rings. The molecule has 33 heavy (non-hydrogen) atoms. The molecule has 162 valence electrons. The summed E-state index contributed by atoms with van der Waals surface area (Å²) in [5.74, 6) is 0. The first-order valence-corrected chi connectivity index (χ1v) is 10.6. The van der Waals surface area contributed by atoms with Gasteiger partial charge in [0.2, 0.25) is 0 Å². The van der Waals surface area contributed by atoms with E-state index in [-0.39, 0.29) is 0 Å². The Balaban J connectivity index is 1.62. The van der Waals surface area contributed by atoms with Crippen molar-refractivity contribution < 1.29 is 9.90 Å². The minimum Gasteiger partial charge on any atom is -0.405 e. The quantitative estimate of drug-likeness (QED) is 0.358. The molecule has 2 heterocycles. The van der Waals surface area contributed by atoms with Crippen LogP contribution in [0.4, 0.5) is 0 Å². The van der Waals surface area contributed by atoms with Crippen molar-refractivity contribution >= 4 is 32.9 Å². The van der Waals surface area contributed by atoms with Gasteiger partial charge >= 0.3 is 0 Å². The van der Waals surface area contributed by atoms with E-state index >= 15 is 0 Å². The lowest BCUT2D eigenvalue weighted by Crippen LogP contribution is -2.26. The topological polar surface area (TPSA) is 71.2 Å². The molecule has 4 aromatic rings. The van der Waals surface area contributed by atoms with E-state index in [1.54, 1.807) is 29.1 Å². The van der Waals surface area contributed by atoms with E-state index in [2.05, 4.69) is 40.1 Å². The number of rotatable bonds is 7. The SMILES string of the molecule is [B]C([B])(O)c1ccc(-c2ccc(CN(C)Cc3ncccc3C=O)c(C)c2)c2cn(C)nc12. The van der Waals surface area contributed by atoms with Gasteiger partial charge in [0.15, 0.2) is 6.29 Å². The maximum Gasteiger partial charge on any atom is 0.151 e. The van der Waals surface area contributed by atoms with Crippen LogP contribution in [0.3, 0.4) is 0 Å². The molecule has 4 rings (SSSR count). The monoisotopic (exact) mass is 434 g/mol.